The Morgan fingerprint density at radius 1 is 1.14 bits per heavy atom. The van der Waals surface area contributed by atoms with Crippen LogP contribution in [0.15, 0.2) is 18.2 Å². The zero-order valence-corrected chi connectivity index (χ0v) is 12.6. The van der Waals surface area contributed by atoms with Gasteiger partial charge in [0.15, 0.2) is 0 Å². The van der Waals surface area contributed by atoms with Gasteiger partial charge in [0.05, 0.1) is 6.10 Å². The summed E-state index contributed by atoms with van der Waals surface area (Å²) in [6.07, 6.45) is 9.42. The Morgan fingerprint density at radius 3 is 2.76 bits per heavy atom. The summed E-state index contributed by atoms with van der Waals surface area (Å²) in [5.74, 6) is 0.775. The lowest BCUT2D eigenvalue weighted by atomic mass is 9.84. The van der Waals surface area contributed by atoms with Gasteiger partial charge in [0.1, 0.15) is 0 Å². The lowest BCUT2D eigenvalue weighted by Crippen LogP contribution is -2.12. The maximum Gasteiger partial charge on any atom is 0.224 e. The smallest absolute Gasteiger partial charge is 0.224 e. The van der Waals surface area contributed by atoms with E-state index in [4.69, 9.17) is 0 Å². The van der Waals surface area contributed by atoms with Crippen LogP contribution in [0, 0.1) is 5.92 Å². The van der Waals surface area contributed by atoms with Crippen LogP contribution in [0.3, 0.4) is 0 Å². The van der Waals surface area contributed by atoms with Gasteiger partial charge in [-0.1, -0.05) is 44.2 Å². The Hall–Kier alpha value is -1.35. The van der Waals surface area contributed by atoms with Gasteiger partial charge >= 0.3 is 0 Å². The van der Waals surface area contributed by atoms with E-state index in [0.717, 1.165) is 30.5 Å². The average Bonchev–Trinajstić information content (AvgIpc) is 2.68. The first kappa shape index (κ1) is 14.6. The van der Waals surface area contributed by atoms with Crippen molar-refractivity contribution < 1.29 is 9.90 Å². The molecule has 3 nitrogen and oxygen atoms in total. The first-order chi connectivity index (χ1) is 10.2. The number of hydrogen-bond acceptors (Lipinski definition) is 2. The van der Waals surface area contributed by atoms with Crippen LogP contribution in [0.1, 0.15) is 68.6 Å². The van der Waals surface area contributed by atoms with Crippen molar-refractivity contribution in [1.82, 2.24) is 0 Å². The molecule has 0 spiro atoms. The Kier molecular flexibility index (Phi) is 4.59. The van der Waals surface area contributed by atoms with Gasteiger partial charge in [-0.15, -0.1) is 0 Å². The molecular formula is C18H25NO2. The van der Waals surface area contributed by atoms with E-state index < -0.39 is 0 Å². The highest BCUT2D eigenvalue weighted by atomic mass is 16.3. The topological polar surface area (TPSA) is 49.3 Å². The Balaban J connectivity index is 1.70. The highest BCUT2D eigenvalue weighted by Crippen LogP contribution is 2.33. The molecule has 1 aromatic rings. The molecule has 1 aromatic carbocycles. The van der Waals surface area contributed by atoms with Crippen molar-refractivity contribution in [3.8, 4) is 0 Å². The average molecular weight is 287 g/mol. The zero-order valence-electron chi connectivity index (χ0n) is 12.6. The molecule has 3 heteroatoms. The molecule has 2 N–H and O–H groups in total. The SMILES string of the molecule is O=C1CCCc2cc(C(O)CC3CCCCC3)ccc2N1. The van der Waals surface area contributed by atoms with E-state index in [-0.39, 0.29) is 12.0 Å². The zero-order chi connectivity index (χ0) is 14.7. The van der Waals surface area contributed by atoms with Gasteiger partial charge in [0.25, 0.3) is 0 Å². The van der Waals surface area contributed by atoms with Crippen LogP contribution in [-0.4, -0.2) is 11.0 Å². The number of benzene rings is 1. The molecule has 3 rings (SSSR count). The van der Waals surface area contributed by atoms with E-state index in [1.165, 1.54) is 37.7 Å². The summed E-state index contributed by atoms with van der Waals surface area (Å²) >= 11 is 0. The molecule has 0 bridgehead atoms. The molecule has 0 radical (unpaired) electrons. The van der Waals surface area contributed by atoms with Crippen LogP contribution in [0.4, 0.5) is 5.69 Å². The third-order valence-corrected chi connectivity index (χ3v) is 4.92. The molecule has 1 saturated carbocycles. The highest BCUT2D eigenvalue weighted by Gasteiger charge is 2.20. The van der Waals surface area contributed by atoms with E-state index in [2.05, 4.69) is 11.4 Å². The molecule has 1 amide bonds. The van der Waals surface area contributed by atoms with Gasteiger partial charge in [-0.05, 0) is 42.4 Å². The number of anilines is 1. The van der Waals surface area contributed by atoms with Crippen molar-refractivity contribution >= 4 is 11.6 Å². The number of aliphatic hydroxyl groups is 1. The molecule has 114 valence electrons. The van der Waals surface area contributed by atoms with Crippen molar-refractivity contribution in [3.05, 3.63) is 29.3 Å². The van der Waals surface area contributed by atoms with E-state index in [9.17, 15) is 9.90 Å². The molecule has 2 aliphatic rings. The van der Waals surface area contributed by atoms with Gasteiger partial charge in [0, 0.05) is 12.1 Å². The predicted molar refractivity (Wildman–Crippen MR) is 84.2 cm³/mol. The van der Waals surface area contributed by atoms with Crippen molar-refractivity contribution in [2.45, 2.75) is 63.9 Å². The first-order valence-corrected chi connectivity index (χ1v) is 8.33. The molecule has 1 fully saturated rings. The predicted octanol–water partition coefficient (Wildman–Crippen LogP) is 3.97. The number of carbonyl (C=O) groups excluding carboxylic acids is 1. The van der Waals surface area contributed by atoms with E-state index in [1.807, 2.05) is 12.1 Å². The minimum Gasteiger partial charge on any atom is -0.388 e. The molecular weight excluding hydrogens is 262 g/mol. The molecule has 1 heterocycles. The Bertz CT molecular complexity index is 506. The summed E-state index contributed by atoms with van der Waals surface area (Å²) in [7, 11) is 0. The molecule has 1 aliphatic heterocycles. The monoisotopic (exact) mass is 287 g/mol. The quantitative estimate of drug-likeness (QED) is 0.884. The summed E-state index contributed by atoms with van der Waals surface area (Å²) in [5, 5.41) is 13.5. The molecule has 1 atom stereocenters. The standard InChI is InChI=1S/C18H25NO2/c20-17(11-13-5-2-1-3-6-13)15-9-10-16-14(12-15)7-4-8-18(21)19-16/h9-10,12-13,17,20H,1-8,11H2,(H,19,21). The molecule has 1 unspecified atom stereocenters. The van der Waals surface area contributed by atoms with Gasteiger partial charge in [-0.25, -0.2) is 0 Å². The van der Waals surface area contributed by atoms with Gasteiger partial charge in [-0.2, -0.15) is 0 Å². The fourth-order valence-corrected chi connectivity index (χ4v) is 3.68. The van der Waals surface area contributed by atoms with Crippen molar-refractivity contribution in [3.63, 3.8) is 0 Å². The number of nitrogens with one attached hydrogen (secondary N) is 1. The second-order valence-electron chi connectivity index (χ2n) is 6.57. The summed E-state index contributed by atoms with van der Waals surface area (Å²) < 4.78 is 0. The normalized spacial score (nSPS) is 21.3. The van der Waals surface area contributed by atoms with Crippen LogP contribution in [-0.2, 0) is 11.2 Å². The Labute approximate surface area is 126 Å². The molecule has 0 saturated heterocycles. The van der Waals surface area contributed by atoms with E-state index in [0.29, 0.717) is 12.3 Å². The molecule has 1 aliphatic carbocycles. The second-order valence-corrected chi connectivity index (χ2v) is 6.57. The van der Waals surface area contributed by atoms with Crippen LogP contribution in [0.25, 0.3) is 0 Å². The fraction of sp³-hybridized carbons (Fsp3) is 0.611. The van der Waals surface area contributed by atoms with Crippen molar-refractivity contribution in [2.24, 2.45) is 5.92 Å². The first-order valence-electron chi connectivity index (χ1n) is 8.33. The largest absolute Gasteiger partial charge is 0.388 e. The number of aryl methyl sites for hydroxylation is 1. The lowest BCUT2D eigenvalue weighted by molar-refractivity contribution is -0.116. The number of carbonyl (C=O) groups is 1. The van der Waals surface area contributed by atoms with Crippen molar-refractivity contribution in [2.75, 3.05) is 5.32 Å². The Morgan fingerprint density at radius 2 is 1.95 bits per heavy atom. The second kappa shape index (κ2) is 6.61. The number of amides is 1. The number of rotatable bonds is 3. The summed E-state index contributed by atoms with van der Waals surface area (Å²) in [6.45, 7) is 0. The number of fused-ring (bicyclic) bond motifs is 1. The van der Waals surface area contributed by atoms with E-state index >= 15 is 0 Å². The highest BCUT2D eigenvalue weighted by molar-refractivity contribution is 5.92. The van der Waals surface area contributed by atoms with Crippen LogP contribution < -0.4 is 5.32 Å². The van der Waals surface area contributed by atoms with Crippen LogP contribution >= 0.6 is 0 Å². The van der Waals surface area contributed by atoms with Crippen LogP contribution in [0.2, 0.25) is 0 Å². The summed E-state index contributed by atoms with van der Waals surface area (Å²) in [5.41, 5.74) is 3.10. The maximum atomic E-state index is 11.6. The number of hydrogen-bond donors (Lipinski definition) is 2. The van der Waals surface area contributed by atoms with Gasteiger partial charge in [0.2, 0.25) is 5.91 Å². The van der Waals surface area contributed by atoms with Gasteiger partial charge < -0.3 is 10.4 Å². The summed E-state index contributed by atoms with van der Waals surface area (Å²) in [6, 6.07) is 6.02. The third kappa shape index (κ3) is 3.65. The van der Waals surface area contributed by atoms with Crippen LogP contribution in [0.5, 0.6) is 0 Å². The maximum absolute atomic E-state index is 11.6. The minimum atomic E-state index is -0.364. The molecule has 0 aromatic heterocycles. The third-order valence-electron chi connectivity index (χ3n) is 4.92. The number of aliphatic hydroxyl groups excluding tert-OH is 1. The van der Waals surface area contributed by atoms with Gasteiger partial charge in [-0.3, -0.25) is 4.79 Å². The van der Waals surface area contributed by atoms with E-state index in [1.54, 1.807) is 0 Å². The minimum absolute atomic E-state index is 0.101. The lowest BCUT2D eigenvalue weighted by Gasteiger charge is -2.24. The summed E-state index contributed by atoms with van der Waals surface area (Å²) in [4.78, 5) is 11.6. The molecule has 21 heavy (non-hydrogen) atoms. The van der Waals surface area contributed by atoms with Crippen molar-refractivity contribution in [1.29, 1.82) is 0 Å². The fourth-order valence-electron chi connectivity index (χ4n) is 3.68.